The molecule has 0 radical (unpaired) electrons. The molecule has 1 unspecified atom stereocenters. The molecule has 8 nitrogen and oxygen atoms in total. The number of aliphatic carboxylic acids is 1. The molecule has 3 aromatic rings. The number of carbonyl (C=O) groups is 2. The minimum Gasteiger partial charge on any atom is -0.481 e. The van der Waals surface area contributed by atoms with Crippen LogP contribution in [-0.2, 0) is 16.0 Å². The van der Waals surface area contributed by atoms with Crippen molar-refractivity contribution in [2.45, 2.75) is 32.6 Å². The summed E-state index contributed by atoms with van der Waals surface area (Å²) in [5, 5.41) is 16.2. The summed E-state index contributed by atoms with van der Waals surface area (Å²) in [4.78, 5) is 32.2. The Kier molecular flexibility index (Phi) is 5.62. The molecule has 146 valence electrons. The Morgan fingerprint density at radius 1 is 1.25 bits per heavy atom. The summed E-state index contributed by atoms with van der Waals surface area (Å²) in [5.74, 6) is -2.24. The fraction of sp³-hybridized carbons (Fsp3) is 0.316. The van der Waals surface area contributed by atoms with Gasteiger partial charge < -0.3 is 10.4 Å². The van der Waals surface area contributed by atoms with Gasteiger partial charge in [0.2, 0.25) is 5.91 Å². The van der Waals surface area contributed by atoms with Crippen molar-refractivity contribution in [2.24, 2.45) is 0 Å². The third-order valence-electron chi connectivity index (χ3n) is 4.66. The number of halogens is 1. The van der Waals surface area contributed by atoms with Crippen LogP contribution in [0.3, 0.4) is 0 Å². The normalized spacial score (nSPS) is 12.1. The number of aryl methyl sites for hydroxylation is 2. The van der Waals surface area contributed by atoms with Crippen LogP contribution >= 0.6 is 0 Å². The molecule has 9 heteroatoms. The third kappa shape index (κ3) is 4.13. The van der Waals surface area contributed by atoms with E-state index in [2.05, 4.69) is 20.4 Å². The molecule has 3 rings (SSSR count). The zero-order valence-electron chi connectivity index (χ0n) is 15.5. The monoisotopic (exact) mass is 385 g/mol. The van der Waals surface area contributed by atoms with Gasteiger partial charge in [0.25, 0.3) is 5.78 Å². The molecule has 1 atom stereocenters. The van der Waals surface area contributed by atoms with Gasteiger partial charge in [0, 0.05) is 24.4 Å². The number of aromatic nitrogens is 4. The van der Waals surface area contributed by atoms with E-state index in [-0.39, 0.29) is 18.9 Å². The number of carboxylic acids is 1. The Morgan fingerprint density at radius 3 is 2.64 bits per heavy atom. The topological polar surface area (TPSA) is 109 Å². The molecular formula is C19H20FN5O3. The van der Waals surface area contributed by atoms with Crippen LogP contribution in [0.25, 0.3) is 5.78 Å². The van der Waals surface area contributed by atoms with Gasteiger partial charge in [-0.05, 0) is 43.5 Å². The van der Waals surface area contributed by atoms with Gasteiger partial charge in [0.05, 0.1) is 5.92 Å². The van der Waals surface area contributed by atoms with Crippen LogP contribution in [0.2, 0.25) is 0 Å². The van der Waals surface area contributed by atoms with Crippen LogP contribution in [0.15, 0.2) is 30.6 Å². The van der Waals surface area contributed by atoms with E-state index < -0.39 is 17.7 Å². The second-order valence-corrected chi connectivity index (χ2v) is 6.48. The van der Waals surface area contributed by atoms with Crippen LogP contribution in [0.5, 0.6) is 0 Å². The minimum atomic E-state index is -1.08. The van der Waals surface area contributed by atoms with Gasteiger partial charge in [0.15, 0.2) is 0 Å². The molecule has 0 aliphatic rings. The maximum atomic E-state index is 13.0. The number of hydrogen-bond acceptors (Lipinski definition) is 5. The summed E-state index contributed by atoms with van der Waals surface area (Å²) >= 11 is 0. The summed E-state index contributed by atoms with van der Waals surface area (Å²) in [6.07, 6.45) is 2.05. The van der Waals surface area contributed by atoms with Crippen molar-refractivity contribution in [3.05, 3.63) is 58.9 Å². The molecule has 1 amide bonds. The molecule has 0 saturated heterocycles. The number of hydrogen-bond donors (Lipinski definition) is 2. The molecule has 1 aromatic carbocycles. The Hall–Kier alpha value is -3.36. The second-order valence-electron chi connectivity index (χ2n) is 6.48. The molecule has 2 aromatic heterocycles. The van der Waals surface area contributed by atoms with Crippen LogP contribution in [-0.4, -0.2) is 43.1 Å². The third-order valence-corrected chi connectivity index (χ3v) is 4.66. The van der Waals surface area contributed by atoms with Crippen LogP contribution in [0.1, 0.15) is 34.9 Å². The summed E-state index contributed by atoms with van der Waals surface area (Å²) in [6, 6.07) is 5.22. The summed E-state index contributed by atoms with van der Waals surface area (Å²) in [5.41, 5.74) is 2.98. The summed E-state index contributed by atoms with van der Waals surface area (Å²) < 4.78 is 14.7. The Bertz CT molecular complexity index is 1020. The van der Waals surface area contributed by atoms with E-state index in [9.17, 15) is 19.1 Å². The van der Waals surface area contributed by atoms with E-state index in [4.69, 9.17) is 0 Å². The largest absolute Gasteiger partial charge is 0.481 e. The van der Waals surface area contributed by atoms with Gasteiger partial charge in [-0.15, -0.1) is 0 Å². The second kappa shape index (κ2) is 8.12. The van der Waals surface area contributed by atoms with Gasteiger partial charge in [-0.2, -0.15) is 10.1 Å². The van der Waals surface area contributed by atoms with Crippen LogP contribution in [0, 0.1) is 19.7 Å². The number of rotatable bonds is 7. The molecule has 0 bridgehead atoms. The van der Waals surface area contributed by atoms with Crippen molar-refractivity contribution in [1.29, 1.82) is 0 Å². The highest BCUT2D eigenvalue weighted by atomic mass is 19.1. The zero-order chi connectivity index (χ0) is 20.3. The highest BCUT2D eigenvalue weighted by Crippen LogP contribution is 2.17. The number of nitrogens with zero attached hydrogens (tertiary/aromatic N) is 4. The van der Waals surface area contributed by atoms with E-state index in [0.29, 0.717) is 17.8 Å². The van der Waals surface area contributed by atoms with Gasteiger partial charge in [-0.3, -0.25) is 9.59 Å². The summed E-state index contributed by atoms with van der Waals surface area (Å²) in [6.45, 7) is 3.67. The number of fused-ring (bicyclic) bond motifs is 1. The predicted molar refractivity (Wildman–Crippen MR) is 98.4 cm³/mol. The van der Waals surface area contributed by atoms with Gasteiger partial charge in [-0.25, -0.2) is 13.9 Å². The number of amides is 1. The maximum absolute atomic E-state index is 13.0. The van der Waals surface area contributed by atoms with Crippen molar-refractivity contribution in [3.63, 3.8) is 0 Å². The number of carboxylic acid groups (broad SMARTS) is 1. The van der Waals surface area contributed by atoms with E-state index in [0.717, 1.165) is 17.0 Å². The first-order chi connectivity index (χ1) is 13.4. The van der Waals surface area contributed by atoms with E-state index in [1.165, 1.54) is 30.6 Å². The van der Waals surface area contributed by atoms with E-state index in [1.54, 1.807) is 4.52 Å². The van der Waals surface area contributed by atoms with Crippen molar-refractivity contribution in [2.75, 3.05) is 6.54 Å². The van der Waals surface area contributed by atoms with Crippen molar-refractivity contribution in [1.82, 2.24) is 24.9 Å². The quantitative estimate of drug-likeness (QED) is 0.642. The number of nitrogens with one attached hydrogen (secondary N) is 1. The van der Waals surface area contributed by atoms with Gasteiger partial charge in [0.1, 0.15) is 12.1 Å². The van der Waals surface area contributed by atoms with Crippen molar-refractivity contribution < 1.29 is 19.1 Å². The molecule has 0 aliphatic heterocycles. The lowest BCUT2D eigenvalue weighted by atomic mass is 9.99. The molecule has 0 aliphatic carbocycles. The predicted octanol–water partition coefficient (Wildman–Crippen LogP) is 1.80. The van der Waals surface area contributed by atoms with E-state index >= 15 is 0 Å². The highest BCUT2D eigenvalue weighted by Gasteiger charge is 2.21. The van der Waals surface area contributed by atoms with Gasteiger partial charge in [-0.1, -0.05) is 12.1 Å². The Labute approximate surface area is 160 Å². The Morgan fingerprint density at radius 2 is 1.96 bits per heavy atom. The SMILES string of the molecule is Cc1nc2ncnn2c(C)c1CCC(=O)NCC(C(=O)O)c1ccc(F)cc1. The average molecular weight is 385 g/mol. The molecular weight excluding hydrogens is 365 g/mol. The van der Waals surface area contributed by atoms with Crippen molar-refractivity contribution in [3.8, 4) is 0 Å². The zero-order valence-corrected chi connectivity index (χ0v) is 15.5. The molecule has 0 fully saturated rings. The first kappa shape index (κ1) is 19.4. The van der Waals surface area contributed by atoms with Crippen molar-refractivity contribution >= 4 is 17.7 Å². The Balaban J connectivity index is 1.62. The molecule has 2 heterocycles. The van der Waals surface area contributed by atoms with Crippen LogP contribution in [0.4, 0.5) is 4.39 Å². The lowest BCUT2D eigenvalue weighted by Gasteiger charge is -2.14. The minimum absolute atomic E-state index is 0.0713. The number of benzene rings is 1. The smallest absolute Gasteiger partial charge is 0.312 e. The number of carbonyl (C=O) groups excluding carboxylic acids is 1. The fourth-order valence-electron chi connectivity index (χ4n) is 3.10. The highest BCUT2D eigenvalue weighted by molar-refractivity contribution is 5.80. The fourth-order valence-corrected chi connectivity index (χ4v) is 3.10. The molecule has 28 heavy (non-hydrogen) atoms. The molecule has 0 saturated carbocycles. The lowest BCUT2D eigenvalue weighted by molar-refractivity contribution is -0.138. The lowest BCUT2D eigenvalue weighted by Crippen LogP contribution is -2.32. The van der Waals surface area contributed by atoms with E-state index in [1.807, 2.05) is 13.8 Å². The standard InChI is InChI=1S/C19H20FN5O3/c1-11-15(12(2)25-19(24-11)22-10-23-25)7-8-17(26)21-9-16(18(27)28)13-3-5-14(20)6-4-13/h3-6,10,16H,7-9H2,1-2H3,(H,21,26)(H,27,28). The average Bonchev–Trinajstić information content (AvgIpc) is 3.11. The van der Waals surface area contributed by atoms with Gasteiger partial charge >= 0.3 is 5.97 Å². The molecule has 2 N–H and O–H groups in total. The summed E-state index contributed by atoms with van der Waals surface area (Å²) in [7, 11) is 0. The molecule has 0 spiro atoms. The van der Waals surface area contributed by atoms with Crippen LogP contribution < -0.4 is 5.32 Å². The first-order valence-corrected chi connectivity index (χ1v) is 8.77. The maximum Gasteiger partial charge on any atom is 0.312 e. The first-order valence-electron chi connectivity index (χ1n) is 8.77.